The first-order valence-corrected chi connectivity index (χ1v) is 12.3. The summed E-state index contributed by atoms with van der Waals surface area (Å²) < 4.78 is 33.4. The molecule has 170 valence electrons. The third kappa shape index (κ3) is 5.66. The van der Waals surface area contributed by atoms with E-state index < -0.39 is 15.9 Å². The molecule has 1 unspecified atom stereocenters. The van der Waals surface area contributed by atoms with Crippen molar-refractivity contribution in [3.63, 3.8) is 0 Å². The minimum absolute atomic E-state index is 0.0140. The Morgan fingerprint density at radius 1 is 1.03 bits per heavy atom. The second-order valence-electron chi connectivity index (χ2n) is 7.91. The van der Waals surface area contributed by atoms with Crippen LogP contribution in [0.4, 0.5) is 5.69 Å². The van der Waals surface area contributed by atoms with Crippen LogP contribution in [0, 0.1) is 0 Å². The first kappa shape index (κ1) is 22.7. The Labute approximate surface area is 191 Å². The molecule has 0 spiro atoms. The Hall–Kier alpha value is -2.46. The highest BCUT2D eigenvalue weighted by Gasteiger charge is 2.25. The maximum atomic E-state index is 12.8. The number of sulfonamides is 1. The molecular weight excluding hydrogens is 454 g/mol. The molecule has 2 amide bonds. The van der Waals surface area contributed by atoms with E-state index >= 15 is 0 Å². The molecule has 1 heterocycles. The molecule has 3 N–H and O–H groups in total. The predicted octanol–water partition coefficient (Wildman–Crippen LogP) is 2.94. The average molecular weight is 478 g/mol. The number of carbonyl (C=O) groups is 2. The molecule has 10 heteroatoms. The van der Waals surface area contributed by atoms with Crippen LogP contribution < -0.4 is 15.4 Å². The van der Waals surface area contributed by atoms with Gasteiger partial charge in [-0.25, -0.2) is 13.1 Å². The normalized spacial score (nSPS) is 18.3. The Morgan fingerprint density at radius 2 is 1.81 bits per heavy atom. The van der Waals surface area contributed by atoms with Crippen LogP contribution in [-0.2, 0) is 14.8 Å². The monoisotopic (exact) mass is 477 g/mol. The fourth-order valence-corrected chi connectivity index (χ4v) is 4.96. The fourth-order valence-electron chi connectivity index (χ4n) is 3.37. The molecule has 0 radical (unpaired) electrons. The van der Waals surface area contributed by atoms with E-state index in [1.807, 2.05) is 0 Å². The van der Waals surface area contributed by atoms with Crippen molar-refractivity contribution in [2.24, 2.45) is 0 Å². The molecule has 1 saturated heterocycles. The van der Waals surface area contributed by atoms with Crippen molar-refractivity contribution in [3.8, 4) is 0 Å². The molecule has 32 heavy (non-hydrogen) atoms. The number of nitrogens with one attached hydrogen (secondary N) is 3. The number of hydrogen-bond donors (Lipinski definition) is 3. The Bertz CT molecular complexity index is 1130. The lowest BCUT2D eigenvalue weighted by molar-refractivity contribution is 0.0949. The van der Waals surface area contributed by atoms with Crippen LogP contribution in [0.15, 0.2) is 47.4 Å². The first-order valence-electron chi connectivity index (χ1n) is 10.4. The van der Waals surface area contributed by atoms with Crippen LogP contribution in [0.5, 0.6) is 0 Å². The number of amides is 2. The number of ether oxygens (including phenoxy) is 1. The van der Waals surface area contributed by atoms with Gasteiger partial charge < -0.3 is 15.4 Å². The highest BCUT2D eigenvalue weighted by molar-refractivity contribution is 7.89. The quantitative estimate of drug-likeness (QED) is 0.541. The van der Waals surface area contributed by atoms with E-state index in [1.54, 1.807) is 24.3 Å². The van der Waals surface area contributed by atoms with Crippen molar-refractivity contribution in [3.05, 3.63) is 58.6 Å². The van der Waals surface area contributed by atoms with E-state index in [4.69, 9.17) is 16.3 Å². The summed E-state index contributed by atoms with van der Waals surface area (Å²) in [5.74, 6) is -0.710. The van der Waals surface area contributed by atoms with Crippen molar-refractivity contribution < 1.29 is 22.7 Å². The molecule has 8 nitrogen and oxygen atoms in total. The Morgan fingerprint density at radius 3 is 2.53 bits per heavy atom. The van der Waals surface area contributed by atoms with Gasteiger partial charge in [-0.1, -0.05) is 17.7 Å². The van der Waals surface area contributed by atoms with Gasteiger partial charge in [-0.2, -0.15) is 0 Å². The molecule has 1 atom stereocenters. The average Bonchev–Trinajstić information content (AvgIpc) is 3.42. The minimum Gasteiger partial charge on any atom is -0.377 e. The molecular formula is C22H24ClN3O5S. The molecule has 2 aliphatic rings. The standard InChI is InChI=1S/C22H24ClN3O5S/c23-19-9-6-15(12-20(19)32(29,30)24-13-18-5-2-10-31-18)22(28)26-17-4-1-3-14(11-17)21(27)25-16-7-8-16/h1,3-4,6,9,11-12,16,18,24H,2,5,7-8,10,13H2,(H,25,27)(H,26,28). The second-order valence-corrected chi connectivity index (χ2v) is 10.1. The summed E-state index contributed by atoms with van der Waals surface area (Å²) in [4.78, 5) is 24.8. The molecule has 2 fully saturated rings. The zero-order valence-corrected chi connectivity index (χ0v) is 18.8. The van der Waals surface area contributed by atoms with Gasteiger partial charge >= 0.3 is 0 Å². The topological polar surface area (TPSA) is 114 Å². The summed E-state index contributed by atoms with van der Waals surface area (Å²) in [7, 11) is -3.93. The maximum Gasteiger partial charge on any atom is 0.255 e. The minimum atomic E-state index is -3.93. The van der Waals surface area contributed by atoms with E-state index in [-0.39, 0.29) is 40.1 Å². The third-order valence-corrected chi connectivity index (χ3v) is 7.21. The van der Waals surface area contributed by atoms with Crippen molar-refractivity contribution in [1.29, 1.82) is 0 Å². The second kappa shape index (κ2) is 9.58. The molecule has 0 bridgehead atoms. The Balaban J connectivity index is 1.46. The fraction of sp³-hybridized carbons (Fsp3) is 0.364. The van der Waals surface area contributed by atoms with Gasteiger partial charge in [0.15, 0.2) is 0 Å². The van der Waals surface area contributed by atoms with Gasteiger partial charge in [0.25, 0.3) is 11.8 Å². The largest absolute Gasteiger partial charge is 0.377 e. The van der Waals surface area contributed by atoms with E-state index in [2.05, 4.69) is 15.4 Å². The van der Waals surface area contributed by atoms with Crippen molar-refractivity contribution in [1.82, 2.24) is 10.0 Å². The summed E-state index contributed by atoms with van der Waals surface area (Å²) in [6.07, 6.45) is 3.47. The molecule has 1 saturated carbocycles. The van der Waals surface area contributed by atoms with Gasteiger partial charge in [-0.05, 0) is 62.1 Å². The molecule has 4 rings (SSSR count). The van der Waals surface area contributed by atoms with E-state index in [0.29, 0.717) is 17.9 Å². The van der Waals surface area contributed by atoms with E-state index in [1.165, 1.54) is 18.2 Å². The van der Waals surface area contributed by atoms with Gasteiger partial charge in [-0.3, -0.25) is 9.59 Å². The number of benzene rings is 2. The molecule has 2 aromatic rings. The molecule has 0 aromatic heterocycles. The predicted molar refractivity (Wildman–Crippen MR) is 120 cm³/mol. The smallest absolute Gasteiger partial charge is 0.255 e. The lowest BCUT2D eigenvalue weighted by Gasteiger charge is -2.13. The Kier molecular flexibility index (Phi) is 6.80. The summed E-state index contributed by atoms with van der Waals surface area (Å²) in [6.45, 7) is 0.761. The van der Waals surface area contributed by atoms with Crippen LogP contribution >= 0.6 is 11.6 Å². The van der Waals surface area contributed by atoms with Crippen molar-refractivity contribution in [2.45, 2.75) is 42.7 Å². The number of rotatable bonds is 8. The molecule has 1 aliphatic carbocycles. The molecule has 2 aromatic carbocycles. The van der Waals surface area contributed by atoms with Gasteiger partial charge in [0.2, 0.25) is 10.0 Å². The third-order valence-electron chi connectivity index (χ3n) is 5.30. The summed E-state index contributed by atoms with van der Waals surface area (Å²) in [5.41, 5.74) is 0.987. The van der Waals surface area contributed by atoms with Gasteiger partial charge in [0.1, 0.15) is 4.90 Å². The van der Waals surface area contributed by atoms with Crippen molar-refractivity contribution in [2.75, 3.05) is 18.5 Å². The number of anilines is 1. The summed E-state index contributed by atoms with van der Waals surface area (Å²) in [5, 5.41) is 5.61. The summed E-state index contributed by atoms with van der Waals surface area (Å²) in [6, 6.07) is 10.8. The van der Waals surface area contributed by atoms with Crippen LogP contribution in [-0.4, -0.2) is 45.5 Å². The number of hydrogen-bond acceptors (Lipinski definition) is 5. The highest BCUT2D eigenvalue weighted by Crippen LogP contribution is 2.24. The van der Waals surface area contributed by atoms with Crippen LogP contribution in [0.1, 0.15) is 46.4 Å². The lowest BCUT2D eigenvalue weighted by atomic mass is 10.1. The van der Waals surface area contributed by atoms with Crippen LogP contribution in [0.25, 0.3) is 0 Å². The zero-order chi connectivity index (χ0) is 22.7. The van der Waals surface area contributed by atoms with E-state index in [9.17, 15) is 18.0 Å². The number of carbonyl (C=O) groups excluding carboxylic acids is 2. The van der Waals surface area contributed by atoms with E-state index in [0.717, 1.165) is 25.7 Å². The van der Waals surface area contributed by atoms with Gasteiger partial charge in [-0.15, -0.1) is 0 Å². The number of halogens is 1. The molecule has 1 aliphatic heterocycles. The lowest BCUT2D eigenvalue weighted by Crippen LogP contribution is -2.32. The first-order chi connectivity index (χ1) is 15.3. The SMILES string of the molecule is O=C(Nc1cccc(C(=O)NC2CC2)c1)c1ccc(Cl)c(S(=O)(=O)NCC2CCCO2)c1. The highest BCUT2D eigenvalue weighted by atomic mass is 35.5. The van der Waals surface area contributed by atoms with Crippen LogP contribution in [0.3, 0.4) is 0 Å². The van der Waals surface area contributed by atoms with Gasteiger partial charge in [0, 0.05) is 36.0 Å². The van der Waals surface area contributed by atoms with Crippen LogP contribution in [0.2, 0.25) is 5.02 Å². The van der Waals surface area contributed by atoms with Crippen molar-refractivity contribution >= 4 is 39.1 Å². The van der Waals surface area contributed by atoms with Gasteiger partial charge in [0.05, 0.1) is 11.1 Å². The maximum absolute atomic E-state index is 12.8. The zero-order valence-electron chi connectivity index (χ0n) is 17.3. The summed E-state index contributed by atoms with van der Waals surface area (Å²) >= 11 is 6.12.